The first kappa shape index (κ1) is 23.4. The summed E-state index contributed by atoms with van der Waals surface area (Å²) in [5.74, 6) is 7.33. The van der Waals surface area contributed by atoms with E-state index in [9.17, 15) is 4.79 Å². The van der Waals surface area contributed by atoms with Crippen LogP contribution in [0.15, 0.2) is 0 Å². The molecule has 1 aliphatic carbocycles. The van der Waals surface area contributed by atoms with Crippen LogP contribution in [-0.4, -0.2) is 20.4 Å². The molecule has 0 unspecified atom stereocenters. The fraction of sp³-hybridized carbons (Fsp3) is 0.870. The summed E-state index contributed by atoms with van der Waals surface area (Å²) in [4.78, 5) is 12.8. The summed E-state index contributed by atoms with van der Waals surface area (Å²) < 4.78 is 6.44. The second-order valence-corrected chi connectivity index (χ2v) is 11.8. The predicted octanol–water partition coefficient (Wildman–Crippen LogP) is 6.28. The summed E-state index contributed by atoms with van der Waals surface area (Å²) in [6.07, 6.45) is 11.7. The maximum atomic E-state index is 12.8. The smallest absolute Gasteiger partial charge is 0.172 e. The van der Waals surface area contributed by atoms with Gasteiger partial charge in [0, 0.05) is 19.3 Å². The van der Waals surface area contributed by atoms with Crippen LogP contribution >= 0.6 is 0 Å². The van der Waals surface area contributed by atoms with Gasteiger partial charge in [-0.05, 0) is 50.1 Å². The molecule has 0 N–H and O–H groups in total. The van der Waals surface area contributed by atoms with Crippen molar-refractivity contribution in [3.05, 3.63) is 0 Å². The fourth-order valence-corrected chi connectivity index (χ4v) is 5.26. The number of Topliss-reactive ketones (excluding diaryl/α,β-unsaturated/α-hetero) is 1. The van der Waals surface area contributed by atoms with E-state index in [-0.39, 0.29) is 0 Å². The summed E-state index contributed by atoms with van der Waals surface area (Å²) in [5, 5.41) is 0. The fourth-order valence-electron chi connectivity index (χ4n) is 4.01. The highest BCUT2D eigenvalue weighted by Gasteiger charge is 2.50. The van der Waals surface area contributed by atoms with Gasteiger partial charge in [0.2, 0.25) is 0 Å². The number of rotatable bonds is 10. The standard InChI is InChI=1S/C23H42O2Si/c1-7-8-9-10-11-13-19-23(25-26(5)6)20(16-17-21(23)24)15-12-14-18-22(2,3)4/h20,26H,7-10,12,14-19H2,1-6H3/t20-,23-/m1/s1. The van der Waals surface area contributed by atoms with Gasteiger partial charge in [-0.2, -0.15) is 0 Å². The van der Waals surface area contributed by atoms with Gasteiger partial charge < -0.3 is 4.43 Å². The highest BCUT2D eigenvalue weighted by atomic mass is 28.3. The third kappa shape index (κ3) is 7.97. The first-order valence-corrected chi connectivity index (χ1v) is 13.7. The van der Waals surface area contributed by atoms with E-state index in [1.54, 1.807) is 0 Å². The quantitative estimate of drug-likeness (QED) is 0.254. The van der Waals surface area contributed by atoms with E-state index in [0.717, 1.165) is 19.3 Å². The maximum absolute atomic E-state index is 12.8. The average Bonchev–Trinajstić information content (AvgIpc) is 2.82. The van der Waals surface area contributed by atoms with Crippen molar-refractivity contribution in [1.29, 1.82) is 0 Å². The van der Waals surface area contributed by atoms with Gasteiger partial charge >= 0.3 is 0 Å². The van der Waals surface area contributed by atoms with Gasteiger partial charge in [-0.3, -0.25) is 4.79 Å². The van der Waals surface area contributed by atoms with Crippen LogP contribution in [0, 0.1) is 23.2 Å². The summed E-state index contributed by atoms with van der Waals surface area (Å²) in [6.45, 7) is 13.5. The van der Waals surface area contributed by atoms with E-state index in [0.29, 0.717) is 30.0 Å². The number of carbonyl (C=O) groups is 1. The van der Waals surface area contributed by atoms with Crippen LogP contribution in [-0.2, 0) is 9.22 Å². The Hall–Kier alpha value is -0.593. The molecule has 1 aliphatic rings. The summed E-state index contributed by atoms with van der Waals surface area (Å²) in [6, 6.07) is 0. The molecular weight excluding hydrogens is 336 g/mol. The van der Waals surface area contributed by atoms with Gasteiger partial charge in [0.05, 0.1) is 0 Å². The Balaban J connectivity index is 2.71. The highest BCUT2D eigenvalue weighted by Crippen LogP contribution is 2.42. The number of ketones is 1. The minimum absolute atomic E-state index is 0.322. The van der Waals surface area contributed by atoms with Gasteiger partial charge in [-0.25, -0.2) is 0 Å². The highest BCUT2D eigenvalue weighted by molar-refractivity contribution is 6.48. The van der Waals surface area contributed by atoms with Gasteiger partial charge in [-0.15, -0.1) is 5.92 Å². The zero-order valence-electron chi connectivity index (χ0n) is 18.2. The van der Waals surface area contributed by atoms with Crippen LogP contribution < -0.4 is 0 Å². The molecule has 0 aromatic rings. The summed E-state index contributed by atoms with van der Waals surface area (Å²) in [7, 11) is -1.29. The molecule has 1 fully saturated rings. The molecule has 0 aromatic heterocycles. The average molecular weight is 379 g/mol. The number of carbonyl (C=O) groups excluding carboxylic acids is 1. The van der Waals surface area contributed by atoms with E-state index in [4.69, 9.17) is 4.43 Å². The predicted molar refractivity (Wildman–Crippen MR) is 115 cm³/mol. The molecule has 3 heteroatoms. The van der Waals surface area contributed by atoms with Gasteiger partial charge in [0.15, 0.2) is 14.8 Å². The molecule has 1 rings (SSSR count). The minimum atomic E-state index is -1.29. The van der Waals surface area contributed by atoms with Crippen LogP contribution in [0.25, 0.3) is 0 Å². The third-order valence-electron chi connectivity index (χ3n) is 5.41. The lowest BCUT2D eigenvalue weighted by molar-refractivity contribution is -0.133. The molecule has 0 spiro atoms. The van der Waals surface area contributed by atoms with Gasteiger partial charge in [0.1, 0.15) is 5.60 Å². The molecule has 150 valence electrons. The normalized spacial score (nSPS) is 23.3. The molecule has 0 bridgehead atoms. The topological polar surface area (TPSA) is 26.3 Å². The zero-order valence-corrected chi connectivity index (χ0v) is 19.4. The molecule has 2 nitrogen and oxygen atoms in total. The van der Waals surface area contributed by atoms with Crippen molar-refractivity contribution < 1.29 is 9.22 Å². The Morgan fingerprint density at radius 3 is 2.50 bits per heavy atom. The largest absolute Gasteiger partial charge is 0.407 e. The van der Waals surface area contributed by atoms with Crippen LogP contribution in [0.5, 0.6) is 0 Å². The Labute approximate surface area is 164 Å². The van der Waals surface area contributed by atoms with E-state index in [1.165, 1.54) is 38.5 Å². The van der Waals surface area contributed by atoms with Crippen molar-refractivity contribution in [3.63, 3.8) is 0 Å². The number of hydrogen-bond acceptors (Lipinski definition) is 2. The van der Waals surface area contributed by atoms with Crippen molar-refractivity contribution >= 4 is 14.8 Å². The Morgan fingerprint density at radius 2 is 1.88 bits per heavy atom. The van der Waals surface area contributed by atoms with Crippen molar-refractivity contribution in [3.8, 4) is 11.8 Å². The van der Waals surface area contributed by atoms with Crippen molar-refractivity contribution in [2.45, 2.75) is 117 Å². The maximum Gasteiger partial charge on any atom is 0.172 e. The number of unbranched alkanes of at least 4 members (excludes halogenated alkanes) is 4. The molecular formula is C23H42O2Si. The first-order chi connectivity index (χ1) is 12.2. The molecule has 0 radical (unpaired) electrons. The Bertz CT molecular complexity index is 481. The van der Waals surface area contributed by atoms with Crippen molar-refractivity contribution in [2.24, 2.45) is 11.3 Å². The Kier molecular flexibility index (Phi) is 10.2. The van der Waals surface area contributed by atoms with E-state index in [2.05, 4.69) is 52.6 Å². The lowest BCUT2D eigenvalue weighted by Gasteiger charge is -2.35. The van der Waals surface area contributed by atoms with Crippen molar-refractivity contribution in [1.82, 2.24) is 0 Å². The van der Waals surface area contributed by atoms with Gasteiger partial charge in [-0.1, -0.05) is 59.3 Å². The lowest BCUT2D eigenvalue weighted by Crippen LogP contribution is -2.46. The van der Waals surface area contributed by atoms with Crippen LogP contribution in [0.3, 0.4) is 0 Å². The molecule has 2 atom stereocenters. The Morgan fingerprint density at radius 1 is 1.15 bits per heavy atom. The van der Waals surface area contributed by atoms with E-state index < -0.39 is 14.6 Å². The van der Waals surface area contributed by atoms with Crippen LogP contribution in [0.2, 0.25) is 13.1 Å². The second-order valence-electron chi connectivity index (χ2n) is 9.51. The molecule has 0 heterocycles. The lowest BCUT2D eigenvalue weighted by atomic mass is 9.82. The van der Waals surface area contributed by atoms with E-state index >= 15 is 0 Å². The van der Waals surface area contributed by atoms with Crippen molar-refractivity contribution in [2.75, 3.05) is 0 Å². The second kappa shape index (κ2) is 11.3. The molecule has 0 aromatic carbocycles. The third-order valence-corrected chi connectivity index (χ3v) is 6.30. The molecule has 26 heavy (non-hydrogen) atoms. The summed E-state index contributed by atoms with van der Waals surface area (Å²) >= 11 is 0. The van der Waals surface area contributed by atoms with Gasteiger partial charge in [0.25, 0.3) is 0 Å². The SMILES string of the molecule is CCCCCC#CC[C@]1(O[SiH](C)C)C(=O)CC[C@H]1CCCCC(C)(C)C. The number of hydrogen-bond donors (Lipinski definition) is 0. The summed E-state index contributed by atoms with van der Waals surface area (Å²) in [5.41, 5.74) is -0.187. The van der Waals surface area contributed by atoms with Crippen LogP contribution in [0.1, 0.15) is 98.3 Å². The zero-order chi connectivity index (χ0) is 19.6. The monoisotopic (exact) mass is 378 g/mol. The molecule has 0 amide bonds. The van der Waals surface area contributed by atoms with E-state index in [1.807, 2.05) is 0 Å². The molecule has 0 saturated heterocycles. The molecule has 0 aliphatic heterocycles. The minimum Gasteiger partial charge on any atom is -0.407 e. The molecule has 1 saturated carbocycles. The van der Waals surface area contributed by atoms with Crippen LogP contribution in [0.4, 0.5) is 0 Å². The first-order valence-electron chi connectivity index (χ1n) is 10.9.